The molecule has 0 aromatic heterocycles. The lowest BCUT2D eigenvalue weighted by atomic mass is 10.1. The zero-order valence-electron chi connectivity index (χ0n) is 12.6. The third-order valence-corrected chi connectivity index (χ3v) is 5.59. The monoisotopic (exact) mass is 334 g/mol. The number of sulfonamides is 1. The van der Waals surface area contributed by atoms with Crippen molar-refractivity contribution < 1.29 is 12.8 Å². The predicted molar refractivity (Wildman–Crippen MR) is 86.4 cm³/mol. The Kier molecular flexibility index (Phi) is 7.12. The number of hydrogen-bond donors (Lipinski definition) is 2. The van der Waals surface area contributed by atoms with E-state index >= 15 is 0 Å². The van der Waals surface area contributed by atoms with Crippen molar-refractivity contribution in [2.45, 2.75) is 44.7 Å². The first-order valence-electron chi connectivity index (χ1n) is 6.91. The highest BCUT2D eigenvalue weighted by atomic mass is 32.2. The molecule has 0 spiro atoms. The van der Waals surface area contributed by atoms with Crippen molar-refractivity contribution in [1.82, 2.24) is 4.72 Å². The molecule has 1 aromatic rings. The Morgan fingerprint density at radius 1 is 1.43 bits per heavy atom. The molecule has 21 heavy (non-hydrogen) atoms. The van der Waals surface area contributed by atoms with Crippen LogP contribution >= 0.6 is 11.8 Å². The van der Waals surface area contributed by atoms with Gasteiger partial charge in [0.25, 0.3) is 0 Å². The van der Waals surface area contributed by atoms with Gasteiger partial charge in [-0.2, -0.15) is 11.8 Å². The van der Waals surface area contributed by atoms with E-state index < -0.39 is 15.8 Å². The van der Waals surface area contributed by atoms with E-state index in [1.54, 1.807) is 11.8 Å². The van der Waals surface area contributed by atoms with Crippen LogP contribution in [-0.2, 0) is 16.6 Å². The average molecular weight is 334 g/mol. The van der Waals surface area contributed by atoms with Gasteiger partial charge in [0, 0.05) is 18.2 Å². The molecule has 0 aliphatic heterocycles. The average Bonchev–Trinajstić information content (AvgIpc) is 2.41. The minimum Gasteiger partial charge on any atom is -0.326 e. The molecule has 0 fully saturated rings. The van der Waals surface area contributed by atoms with Crippen molar-refractivity contribution >= 4 is 21.8 Å². The summed E-state index contributed by atoms with van der Waals surface area (Å²) in [7, 11) is -3.65. The van der Waals surface area contributed by atoms with E-state index in [1.807, 2.05) is 6.92 Å². The minimum absolute atomic E-state index is 0.0290. The summed E-state index contributed by atoms with van der Waals surface area (Å²) in [4.78, 5) is 0.0665. The molecular formula is C14H23FN2O2S2. The Morgan fingerprint density at radius 2 is 2.10 bits per heavy atom. The Morgan fingerprint density at radius 3 is 2.67 bits per heavy atom. The normalized spacial score (nSPS) is 13.4. The molecule has 3 N–H and O–H groups in total. The van der Waals surface area contributed by atoms with E-state index in [9.17, 15) is 12.8 Å². The molecule has 0 heterocycles. The Labute approximate surface area is 130 Å². The first kappa shape index (κ1) is 18.4. The van der Waals surface area contributed by atoms with Crippen LogP contribution in [0.25, 0.3) is 0 Å². The molecule has 1 aromatic carbocycles. The fourth-order valence-corrected chi connectivity index (χ4v) is 4.13. The smallest absolute Gasteiger partial charge is 0.240 e. The molecule has 0 aliphatic carbocycles. The van der Waals surface area contributed by atoms with Gasteiger partial charge in [0.15, 0.2) is 0 Å². The van der Waals surface area contributed by atoms with E-state index in [4.69, 9.17) is 5.73 Å². The van der Waals surface area contributed by atoms with E-state index in [0.29, 0.717) is 0 Å². The summed E-state index contributed by atoms with van der Waals surface area (Å²) >= 11 is 1.77. The van der Waals surface area contributed by atoms with Gasteiger partial charge < -0.3 is 5.73 Å². The van der Waals surface area contributed by atoms with Gasteiger partial charge in [-0.05, 0) is 49.5 Å². The highest BCUT2D eigenvalue weighted by Crippen LogP contribution is 2.19. The van der Waals surface area contributed by atoms with Gasteiger partial charge in [-0.1, -0.05) is 6.92 Å². The lowest BCUT2D eigenvalue weighted by molar-refractivity contribution is 0.555. The third-order valence-electron chi connectivity index (χ3n) is 3.09. The van der Waals surface area contributed by atoms with Gasteiger partial charge >= 0.3 is 0 Å². The molecule has 1 unspecified atom stereocenters. The van der Waals surface area contributed by atoms with Crippen LogP contribution < -0.4 is 10.5 Å². The minimum atomic E-state index is -3.65. The van der Waals surface area contributed by atoms with Crippen molar-refractivity contribution in [3.8, 4) is 0 Å². The van der Waals surface area contributed by atoms with Crippen molar-refractivity contribution in [3.05, 3.63) is 29.1 Å². The molecule has 120 valence electrons. The van der Waals surface area contributed by atoms with Crippen molar-refractivity contribution in [2.75, 3.05) is 11.5 Å². The topological polar surface area (TPSA) is 72.2 Å². The maximum Gasteiger partial charge on any atom is 0.240 e. The van der Waals surface area contributed by atoms with Crippen LogP contribution in [0.15, 0.2) is 17.0 Å². The molecule has 4 nitrogen and oxygen atoms in total. The number of halogens is 1. The van der Waals surface area contributed by atoms with Crippen molar-refractivity contribution in [2.24, 2.45) is 5.73 Å². The molecule has 0 bridgehead atoms. The van der Waals surface area contributed by atoms with Gasteiger partial charge in [-0.3, -0.25) is 0 Å². The molecule has 0 aliphatic rings. The van der Waals surface area contributed by atoms with E-state index in [-0.39, 0.29) is 28.6 Å². The molecule has 0 saturated heterocycles. The van der Waals surface area contributed by atoms with Crippen LogP contribution in [0.1, 0.15) is 31.4 Å². The van der Waals surface area contributed by atoms with E-state index in [0.717, 1.165) is 17.9 Å². The van der Waals surface area contributed by atoms with Crippen molar-refractivity contribution in [1.29, 1.82) is 0 Å². The second kappa shape index (κ2) is 8.12. The van der Waals surface area contributed by atoms with Crippen LogP contribution in [0.4, 0.5) is 4.39 Å². The number of aryl methyl sites for hydroxylation is 1. The summed E-state index contributed by atoms with van der Waals surface area (Å²) in [5.41, 5.74) is 5.95. The first-order valence-corrected chi connectivity index (χ1v) is 9.54. The number of hydrogen-bond acceptors (Lipinski definition) is 4. The summed E-state index contributed by atoms with van der Waals surface area (Å²) in [6.07, 6.45) is 0.752. The van der Waals surface area contributed by atoms with E-state index in [1.165, 1.54) is 19.1 Å². The highest BCUT2D eigenvalue weighted by Gasteiger charge is 2.20. The Hall–Kier alpha value is -0.630. The lowest BCUT2D eigenvalue weighted by Gasteiger charge is -2.15. The van der Waals surface area contributed by atoms with Gasteiger partial charge in [0.2, 0.25) is 10.0 Å². The molecule has 1 rings (SSSR count). The summed E-state index contributed by atoms with van der Waals surface area (Å²) < 4.78 is 41.0. The highest BCUT2D eigenvalue weighted by molar-refractivity contribution is 7.99. The third kappa shape index (κ3) is 5.25. The quantitative estimate of drug-likeness (QED) is 0.716. The van der Waals surface area contributed by atoms with Crippen LogP contribution in [0.5, 0.6) is 0 Å². The van der Waals surface area contributed by atoms with Crippen LogP contribution in [0, 0.1) is 12.7 Å². The van der Waals surface area contributed by atoms with Gasteiger partial charge in [-0.15, -0.1) is 0 Å². The second-order valence-corrected chi connectivity index (χ2v) is 8.03. The molecule has 7 heteroatoms. The van der Waals surface area contributed by atoms with Crippen LogP contribution in [0.2, 0.25) is 0 Å². The van der Waals surface area contributed by atoms with E-state index in [2.05, 4.69) is 11.6 Å². The predicted octanol–water partition coefficient (Wildman–Crippen LogP) is 2.40. The summed E-state index contributed by atoms with van der Waals surface area (Å²) in [5.74, 6) is 1.47. The maximum absolute atomic E-state index is 13.7. The summed E-state index contributed by atoms with van der Waals surface area (Å²) in [6, 6.07) is 2.48. The van der Waals surface area contributed by atoms with Gasteiger partial charge in [-0.25, -0.2) is 17.5 Å². The van der Waals surface area contributed by atoms with Gasteiger partial charge in [0.1, 0.15) is 5.82 Å². The zero-order valence-corrected chi connectivity index (χ0v) is 14.3. The summed E-state index contributed by atoms with van der Waals surface area (Å²) in [5, 5.41) is 0. The second-order valence-electron chi connectivity index (χ2n) is 4.93. The number of benzene rings is 1. The lowest BCUT2D eigenvalue weighted by Crippen LogP contribution is -2.33. The maximum atomic E-state index is 13.7. The first-order chi connectivity index (χ1) is 9.81. The molecule has 0 amide bonds. The largest absolute Gasteiger partial charge is 0.326 e. The zero-order chi connectivity index (χ0) is 16.0. The van der Waals surface area contributed by atoms with Crippen LogP contribution in [0.3, 0.4) is 0 Å². The number of rotatable bonds is 8. The van der Waals surface area contributed by atoms with Gasteiger partial charge in [0.05, 0.1) is 4.90 Å². The Balaban J connectivity index is 2.90. The molecule has 1 atom stereocenters. The number of thioether (sulfide) groups is 1. The standard InChI is InChI=1S/C14H23FN2O2S2/c1-4-20-6-5-11(3)17-21(18,19)13-7-10(2)14(15)12(8-13)9-16/h7-8,11,17H,4-6,9,16H2,1-3H3. The fourth-order valence-electron chi connectivity index (χ4n) is 1.91. The van der Waals surface area contributed by atoms with Crippen molar-refractivity contribution in [3.63, 3.8) is 0 Å². The molecule has 0 radical (unpaired) electrons. The number of nitrogens with two attached hydrogens (primary N) is 1. The SMILES string of the molecule is CCSCCC(C)NS(=O)(=O)c1cc(C)c(F)c(CN)c1. The van der Waals surface area contributed by atoms with Crippen LogP contribution in [-0.4, -0.2) is 26.0 Å². The molecular weight excluding hydrogens is 311 g/mol. The Bertz CT molecular complexity index is 577. The fraction of sp³-hybridized carbons (Fsp3) is 0.571. The summed E-state index contributed by atoms with van der Waals surface area (Å²) in [6.45, 7) is 5.40. The number of nitrogens with one attached hydrogen (secondary N) is 1. The molecule has 0 saturated carbocycles.